The molecule has 0 aliphatic rings. The van der Waals surface area contributed by atoms with E-state index in [1.165, 1.54) is 0 Å². The Hall–Kier alpha value is -1.49. The van der Waals surface area contributed by atoms with E-state index in [4.69, 9.17) is 10.00 Å². The minimum atomic E-state index is -0.194. The van der Waals surface area contributed by atoms with Crippen molar-refractivity contribution in [1.82, 2.24) is 0 Å². The highest BCUT2D eigenvalue weighted by atomic mass is 16.5. The van der Waals surface area contributed by atoms with Crippen LogP contribution in [0.2, 0.25) is 0 Å². The third kappa shape index (κ3) is 3.94. The Kier molecular flexibility index (Phi) is 4.85. The van der Waals surface area contributed by atoms with E-state index in [9.17, 15) is 0 Å². The standard InChI is InChI=1S/C14H19NO/c1-3-14(2,12-15)10-7-11-16-13-8-5-4-6-9-13/h4-6,8-9H,3,7,10-11H2,1-2H3. The lowest BCUT2D eigenvalue weighted by molar-refractivity contribution is 0.274. The Morgan fingerprint density at radius 1 is 1.31 bits per heavy atom. The number of nitriles is 1. The van der Waals surface area contributed by atoms with E-state index in [1.54, 1.807) is 0 Å². The van der Waals surface area contributed by atoms with E-state index in [1.807, 2.05) is 37.3 Å². The molecule has 0 saturated heterocycles. The molecule has 1 aromatic carbocycles. The van der Waals surface area contributed by atoms with Crippen molar-refractivity contribution in [3.05, 3.63) is 30.3 Å². The molecule has 2 heteroatoms. The fourth-order valence-corrected chi connectivity index (χ4v) is 1.48. The molecule has 0 spiro atoms. The predicted molar refractivity (Wildman–Crippen MR) is 65.2 cm³/mol. The van der Waals surface area contributed by atoms with Crippen LogP contribution in [-0.4, -0.2) is 6.61 Å². The highest BCUT2D eigenvalue weighted by Gasteiger charge is 2.20. The van der Waals surface area contributed by atoms with Crippen LogP contribution in [0.25, 0.3) is 0 Å². The van der Waals surface area contributed by atoms with Crippen molar-refractivity contribution in [2.45, 2.75) is 33.1 Å². The maximum atomic E-state index is 9.01. The van der Waals surface area contributed by atoms with Crippen molar-refractivity contribution in [3.8, 4) is 11.8 Å². The number of para-hydroxylation sites is 1. The molecule has 1 aromatic rings. The second-order valence-electron chi connectivity index (χ2n) is 4.29. The van der Waals surface area contributed by atoms with E-state index >= 15 is 0 Å². The van der Waals surface area contributed by atoms with Gasteiger partial charge in [0.05, 0.1) is 18.1 Å². The molecule has 16 heavy (non-hydrogen) atoms. The number of hydrogen-bond acceptors (Lipinski definition) is 2. The van der Waals surface area contributed by atoms with Gasteiger partial charge in [0.15, 0.2) is 0 Å². The van der Waals surface area contributed by atoms with Crippen molar-refractivity contribution in [2.24, 2.45) is 5.41 Å². The molecule has 86 valence electrons. The third-order valence-electron chi connectivity index (χ3n) is 2.94. The topological polar surface area (TPSA) is 33.0 Å². The predicted octanol–water partition coefficient (Wildman–Crippen LogP) is 3.79. The van der Waals surface area contributed by atoms with Crippen LogP contribution in [0, 0.1) is 16.7 Å². The lowest BCUT2D eigenvalue weighted by atomic mass is 9.85. The number of hydrogen-bond donors (Lipinski definition) is 0. The van der Waals surface area contributed by atoms with E-state index in [0.29, 0.717) is 6.61 Å². The Bertz CT molecular complexity index is 342. The fraction of sp³-hybridized carbons (Fsp3) is 0.500. The molecule has 1 rings (SSSR count). The van der Waals surface area contributed by atoms with Gasteiger partial charge < -0.3 is 4.74 Å². The first-order chi connectivity index (χ1) is 7.70. The van der Waals surface area contributed by atoms with Crippen molar-refractivity contribution in [1.29, 1.82) is 5.26 Å². The molecular weight excluding hydrogens is 198 g/mol. The summed E-state index contributed by atoms with van der Waals surface area (Å²) < 4.78 is 5.58. The van der Waals surface area contributed by atoms with Crippen LogP contribution in [0.15, 0.2) is 30.3 Å². The summed E-state index contributed by atoms with van der Waals surface area (Å²) >= 11 is 0. The molecule has 0 amide bonds. The first kappa shape index (κ1) is 12.6. The maximum absolute atomic E-state index is 9.01. The monoisotopic (exact) mass is 217 g/mol. The summed E-state index contributed by atoms with van der Waals surface area (Å²) in [5, 5.41) is 9.01. The zero-order chi connectivity index (χ0) is 11.9. The Morgan fingerprint density at radius 3 is 2.56 bits per heavy atom. The minimum Gasteiger partial charge on any atom is -0.494 e. The van der Waals surface area contributed by atoms with Gasteiger partial charge in [-0.15, -0.1) is 0 Å². The van der Waals surface area contributed by atoms with Crippen molar-refractivity contribution in [2.75, 3.05) is 6.61 Å². The van der Waals surface area contributed by atoms with Crippen molar-refractivity contribution >= 4 is 0 Å². The van der Waals surface area contributed by atoms with Crippen LogP contribution >= 0.6 is 0 Å². The van der Waals surface area contributed by atoms with E-state index < -0.39 is 0 Å². The summed E-state index contributed by atoms with van der Waals surface area (Å²) in [4.78, 5) is 0. The molecule has 0 aromatic heterocycles. The number of benzene rings is 1. The molecule has 2 nitrogen and oxygen atoms in total. The van der Waals surface area contributed by atoms with Gasteiger partial charge in [-0.05, 0) is 38.3 Å². The molecule has 1 atom stereocenters. The SMILES string of the molecule is CCC(C)(C#N)CCCOc1ccccc1. The van der Waals surface area contributed by atoms with Crippen molar-refractivity contribution in [3.63, 3.8) is 0 Å². The first-order valence-corrected chi connectivity index (χ1v) is 5.79. The molecule has 0 N–H and O–H groups in total. The summed E-state index contributed by atoms with van der Waals surface area (Å²) in [5.41, 5.74) is -0.194. The fourth-order valence-electron chi connectivity index (χ4n) is 1.48. The average Bonchev–Trinajstić information content (AvgIpc) is 2.36. The number of rotatable bonds is 6. The van der Waals surface area contributed by atoms with Gasteiger partial charge in [0.1, 0.15) is 5.75 Å². The van der Waals surface area contributed by atoms with Crippen LogP contribution in [-0.2, 0) is 0 Å². The summed E-state index contributed by atoms with van der Waals surface area (Å²) in [6.07, 6.45) is 2.72. The molecule has 1 unspecified atom stereocenters. The van der Waals surface area contributed by atoms with E-state index in [0.717, 1.165) is 25.0 Å². The summed E-state index contributed by atoms with van der Waals surface area (Å²) in [7, 11) is 0. The molecule has 0 radical (unpaired) electrons. The van der Waals surface area contributed by atoms with Crippen molar-refractivity contribution < 1.29 is 4.74 Å². The van der Waals surface area contributed by atoms with Crippen LogP contribution in [0.4, 0.5) is 0 Å². The Balaban J connectivity index is 2.25. The second-order valence-corrected chi connectivity index (χ2v) is 4.29. The molecular formula is C14H19NO. The minimum absolute atomic E-state index is 0.194. The molecule has 0 aliphatic carbocycles. The van der Waals surface area contributed by atoms with Crippen LogP contribution in [0.3, 0.4) is 0 Å². The molecule has 0 saturated carbocycles. The van der Waals surface area contributed by atoms with Gasteiger partial charge >= 0.3 is 0 Å². The smallest absolute Gasteiger partial charge is 0.119 e. The van der Waals surface area contributed by atoms with Gasteiger partial charge in [0.2, 0.25) is 0 Å². The maximum Gasteiger partial charge on any atom is 0.119 e. The van der Waals surface area contributed by atoms with Crippen LogP contribution < -0.4 is 4.74 Å². The number of nitrogens with zero attached hydrogens (tertiary/aromatic N) is 1. The summed E-state index contributed by atoms with van der Waals surface area (Å²) in [6.45, 7) is 4.75. The molecule has 0 fully saturated rings. The van der Waals surface area contributed by atoms with Crippen LogP contribution in [0.1, 0.15) is 33.1 Å². The highest BCUT2D eigenvalue weighted by molar-refractivity contribution is 5.20. The largest absolute Gasteiger partial charge is 0.494 e. The molecule has 0 heterocycles. The van der Waals surface area contributed by atoms with E-state index in [2.05, 4.69) is 13.0 Å². The van der Waals surface area contributed by atoms with Gasteiger partial charge in [0, 0.05) is 0 Å². The number of ether oxygens (including phenoxy) is 1. The summed E-state index contributed by atoms with van der Waals surface area (Å²) in [5.74, 6) is 0.901. The second kappa shape index (κ2) is 6.17. The van der Waals surface area contributed by atoms with Gasteiger partial charge in [-0.25, -0.2) is 0 Å². The highest BCUT2D eigenvalue weighted by Crippen LogP contribution is 2.26. The zero-order valence-corrected chi connectivity index (χ0v) is 10.1. The zero-order valence-electron chi connectivity index (χ0n) is 10.1. The summed E-state index contributed by atoms with van der Waals surface area (Å²) in [6, 6.07) is 12.2. The van der Waals surface area contributed by atoms with Gasteiger partial charge in [-0.3, -0.25) is 0 Å². The van der Waals surface area contributed by atoms with Crippen LogP contribution in [0.5, 0.6) is 5.75 Å². The third-order valence-corrected chi connectivity index (χ3v) is 2.94. The quantitative estimate of drug-likeness (QED) is 0.679. The van der Waals surface area contributed by atoms with Gasteiger partial charge in [0.25, 0.3) is 0 Å². The Morgan fingerprint density at radius 2 is 2.00 bits per heavy atom. The van der Waals surface area contributed by atoms with E-state index in [-0.39, 0.29) is 5.41 Å². The lowest BCUT2D eigenvalue weighted by Gasteiger charge is -2.18. The Labute approximate surface area is 97.9 Å². The average molecular weight is 217 g/mol. The van der Waals surface area contributed by atoms with Gasteiger partial charge in [-0.1, -0.05) is 25.1 Å². The molecule has 0 aliphatic heterocycles. The van der Waals surface area contributed by atoms with Gasteiger partial charge in [-0.2, -0.15) is 5.26 Å². The normalized spacial score (nSPS) is 13.8. The molecule has 0 bridgehead atoms. The first-order valence-electron chi connectivity index (χ1n) is 5.79. The lowest BCUT2D eigenvalue weighted by Crippen LogP contribution is -2.13.